The summed E-state index contributed by atoms with van der Waals surface area (Å²) in [6, 6.07) is 6.42. The Hall–Kier alpha value is -2.36. The van der Waals surface area contributed by atoms with Crippen LogP contribution >= 0.6 is 11.6 Å². The number of nitrogens with zero attached hydrogens (tertiary/aromatic N) is 2. The second-order valence-electron chi connectivity index (χ2n) is 4.76. The molecule has 0 fully saturated rings. The molecule has 1 amide bonds. The Kier molecular flexibility index (Phi) is 3.60. The van der Waals surface area contributed by atoms with Gasteiger partial charge in [0, 0.05) is 18.0 Å². The first-order chi connectivity index (χ1) is 10.2. The van der Waals surface area contributed by atoms with Crippen molar-refractivity contribution in [1.82, 2.24) is 15.3 Å². The van der Waals surface area contributed by atoms with Gasteiger partial charge >= 0.3 is 0 Å². The summed E-state index contributed by atoms with van der Waals surface area (Å²) in [5.41, 5.74) is 2.69. The Bertz CT molecular complexity index is 733. The number of amides is 1. The molecule has 3 rings (SSSR count). The Morgan fingerprint density at radius 2 is 2.38 bits per heavy atom. The summed E-state index contributed by atoms with van der Waals surface area (Å²) in [5.74, 6) is -0.206. The molecule has 1 aliphatic heterocycles. The monoisotopic (exact) mass is 301 g/mol. The van der Waals surface area contributed by atoms with E-state index in [0.717, 1.165) is 11.4 Å². The number of hydrogen-bond donors (Lipinski definition) is 3. The van der Waals surface area contributed by atoms with Crippen LogP contribution in [0, 0.1) is 11.3 Å². The van der Waals surface area contributed by atoms with Gasteiger partial charge in [0.05, 0.1) is 35.0 Å². The number of rotatable bonds is 2. The Morgan fingerprint density at radius 1 is 1.52 bits per heavy atom. The van der Waals surface area contributed by atoms with E-state index in [1.54, 1.807) is 24.5 Å². The molecule has 6 nitrogen and oxygen atoms in total. The van der Waals surface area contributed by atoms with Gasteiger partial charge in [-0.15, -0.1) is 0 Å². The normalized spacial score (nSPS) is 16.9. The van der Waals surface area contributed by atoms with Gasteiger partial charge in [-0.2, -0.15) is 5.26 Å². The Morgan fingerprint density at radius 3 is 3.19 bits per heavy atom. The van der Waals surface area contributed by atoms with Gasteiger partial charge in [-0.1, -0.05) is 11.6 Å². The summed E-state index contributed by atoms with van der Waals surface area (Å²) in [6.45, 7) is 0.564. The maximum Gasteiger partial charge on any atom is 0.241 e. The van der Waals surface area contributed by atoms with Gasteiger partial charge in [0.15, 0.2) is 0 Å². The lowest BCUT2D eigenvalue weighted by atomic mass is 10.0. The highest BCUT2D eigenvalue weighted by atomic mass is 35.5. The topological polar surface area (TPSA) is 93.6 Å². The zero-order valence-electron chi connectivity index (χ0n) is 11.0. The molecule has 0 aliphatic carbocycles. The second kappa shape index (κ2) is 5.56. The van der Waals surface area contributed by atoms with E-state index in [2.05, 4.69) is 20.6 Å². The SMILES string of the molecule is N#Cc1ccc(Cl)cc1NC(=O)C1Cc2nc[nH]c2CN1. The zero-order valence-corrected chi connectivity index (χ0v) is 11.7. The van der Waals surface area contributed by atoms with E-state index in [9.17, 15) is 4.79 Å². The van der Waals surface area contributed by atoms with Crippen LogP contribution in [0.1, 0.15) is 17.0 Å². The predicted molar refractivity (Wildman–Crippen MR) is 77.7 cm³/mol. The lowest BCUT2D eigenvalue weighted by Crippen LogP contribution is -2.44. The van der Waals surface area contributed by atoms with E-state index in [1.165, 1.54) is 0 Å². The summed E-state index contributed by atoms with van der Waals surface area (Å²) in [6.07, 6.45) is 2.13. The fraction of sp³-hybridized carbons (Fsp3) is 0.214. The van der Waals surface area contributed by atoms with Crippen molar-refractivity contribution in [3.63, 3.8) is 0 Å². The molecule has 2 heterocycles. The number of aromatic nitrogens is 2. The van der Waals surface area contributed by atoms with Gasteiger partial charge in [0.25, 0.3) is 0 Å². The largest absolute Gasteiger partial charge is 0.347 e. The number of benzene rings is 1. The molecular weight excluding hydrogens is 290 g/mol. The number of aromatic amines is 1. The highest BCUT2D eigenvalue weighted by Crippen LogP contribution is 2.21. The summed E-state index contributed by atoms with van der Waals surface area (Å²) in [5, 5.41) is 15.4. The summed E-state index contributed by atoms with van der Waals surface area (Å²) < 4.78 is 0. The standard InChI is InChI=1S/C14H12ClN5O/c15-9-2-1-8(5-16)10(3-9)20-14(21)12-4-11-13(6-17-12)19-7-18-11/h1-3,7,12,17H,4,6H2,(H,18,19)(H,20,21). The lowest BCUT2D eigenvalue weighted by molar-refractivity contribution is -0.118. The van der Waals surface area contributed by atoms with E-state index in [4.69, 9.17) is 16.9 Å². The first-order valence-electron chi connectivity index (χ1n) is 6.42. The van der Waals surface area contributed by atoms with Crippen molar-refractivity contribution in [2.45, 2.75) is 19.0 Å². The van der Waals surface area contributed by atoms with Crippen LogP contribution in [0.25, 0.3) is 0 Å². The average Bonchev–Trinajstić information content (AvgIpc) is 2.94. The lowest BCUT2D eigenvalue weighted by Gasteiger charge is -2.22. The van der Waals surface area contributed by atoms with E-state index in [0.29, 0.717) is 29.2 Å². The molecule has 2 aromatic rings. The fourth-order valence-electron chi connectivity index (χ4n) is 2.29. The smallest absolute Gasteiger partial charge is 0.241 e. The minimum atomic E-state index is -0.383. The Balaban J connectivity index is 1.76. The molecule has 106 valence electrons. The van der Waals surface area contributed by atoms with Gasteiger partial charge in [-0.05, 0) is 18.2 Å². The molecule has 3 N–H and O–H groups in total. The number of anilines is 1. The van der Waals surface area contributed by atoms with E-state index < -0.39 is 0 Å². The van der Waals surface area contributed by atoms with E-state index in [1.807, 2.05) is 6.07 Å². The molecule has 0 saturated carbocycles. The van der Waals surface area contributed by atoms with Crippen LogP contribution in [0.15, 0.2) is 24.5 Å². The molecule has 21 heavy (non-hydrogen) atoms. The highest BCUT2D eigenvalue weighted by molar-refractivity contribution is 6.31. The summed E-state index contributed by atoms with van der Waals surface area (Å²) in [4.78, 5) is 19.5. The third kappa shape index (κ3) is 2.75. The fourth-order valence-corrected chi connectivity index (χ4v) is 2.46. The zero-order chi connectivity index (χ0) is 14.8. The van der Waals surface area contributed by atoms with Crippen molar-refractivity contribution in [1.29, 1.82) is 5.26 Å². The van der Waals surface area contributed by atoms with Gasteiger partial charge in [-0.25, -0.2) is 4.98 Å². The number of nitriles is 1. The minimum absolute atomic E-state index is 0.206. The van der Waals surface area contributed by atoms with Crippen molar-refractivity contribution >= 4 is 23.2 Å². The van der Waals surface area contributed by atoms with Crippen molar-refractivity contribution in [3.8, 4) is 6.07 Å². The maximum atomic E-state index is 12.3. The minimum Gasteiger partial charge on any atom is -0.347 e. The molecule has 0 bridgehead atoms. The van der Waals surface area contributed by atoms with E-state index >= 15 is 0 Å². The third-order valence-corrected chi connectivity index (χ3v) is 3.64. The van der Waals surface area contributed by atoms with Crippen LogP contribution in [0.3, 0.4) is 0 Å². The predicted octanol–water partition coefficient (Wildman–Crippen LogP) is 1.59. The number of fused-ring (bicyclic) bond motifs is 1. The molecule has 1 aromatic carbocycles. The molecular formula is C14H12ClN5O. The van der Waals surface area contributed by atoms with Gasteiger partial charge < -0.3 is 10.3 Å². The number of halogens is 1. The molecule has 1 atom stereocenters. The third-order valence-electron chi connectivity index (χ3n) is 3.41. The summed E-state index contributed by atoms with van der Waals surface area (Å²) >= 11 is 5.90. The number of H-pyrrole nitrogens is 1. The first-order valence-corrected chi connectivity index (χ1v) is 6.80. The molecule has 1 unspecified atom stereocenters. The van der Waals surface area contributed by atoms with Crippen molar-refractivity contribution in [3.05, 3.63) is 46.5 Å². The van der Waals surface area contributed by atoms with Gasteiger partial charge in [0.1, 0.15) is 6.07 Å². The molecule has 1 aromatic heterocycles. The highest BCUT2D eigenvalue weighted by Gasteiger charge is 2.26. The molecule has 0 spiro atoms. The first kappa shape index (κ1) is 13.6. The Labute approximate surface area is 126 Å². The summed E-state index contributed by atoms with van der Waals surface area (Å²) in [7, 11) is 0. The van der Waals surface area contributed by atoms with Crippen LogP contribution in [0.4, 0.5) is 5.69 Å². The second-order valence-corrected chi connectivity index (χ2v) is 5.19. The van der Waals surface area contributed by atoms with E-state index in [-0.39, 0.29) is 11.9 Å². The van der Waals surface area contributed by atoms with Crippen LogP contribution in [0.2, 0.25) is 5.02 Å². The molecule has 7 heteroatoms. The van der Waals surface area contributed by atoms with Crippen molar-refractivity contribution < 1.29 is 4.79 Å². The van der Waals surface area contributed by atoms with Gasteiger partial charge in [0.2, 0.25) is 5.91 Å². The number of nitrogens with one attached hydrogen (secondary N) is 3. The van der Waals surface area contributed by atoms with Gasteiger partial charge in [-0.3, -0.25) is 10.1 Å². The molecule has 0 saturated heterocycles. The number of hydrogen-bond acceptors (Lipinski definition) is 4. The number of carbonyl (C=O) groups is 1. The number of carbonyl (C=O) groups excluding carboxylic acids is 1. The van der Waals surface area contributed by atoms with Crippen LogP contribution < -0.4 is 10.6 Å². The average molecular weight is 302 g/mol. The van der Waals surface area contributed by atoms with Crippen LogP contribution in [-0.4, -0.2) is 21.9 Å². The number of imidazole rings is 1. The quantitative estimate of drug-likeness (QED) is 0.785. The molecule has 0 radical (unpaired) electrons. The van der Waals surface area contributed by atoms with Crippen molar-refractivity contribution in [2.24, 2.45) is 0 Å². The molecule has 1 aliphatic rings. The maximum absolute atomic E-state index is 12.3. The van der Waals surface area contributed by atoms with Crippen LogP contribution in [-0.2, 0) is 17.8 Å². The van der Waals surface area contributed by atoms with Crippen LogP contribution in [0.5, 0.6) is 0 Å². The van der Waals surface area contributed by atoms with Crippen molar-refractivity contribution in [2.75, 3.05) is 5.32 Å².